The van der Waals surface area contributed by atoms with Crippen molar-refractivity contribution in [3.63, 3.8) is 0 Å². The van der Waals surface area contributed by atoms with E-state index in [9.17, 15) is 10.1 Å². The van der Waals surface area contributed by atoms with Gasteiger partial charge in [-0.25, -0.2) is 0 Å². The summed E-state index contributed by atoms with van der Waals surface area (Å²) in [6.45, 7) is 5.54. The first-order valence-electron chi connectivity index (χ1n) is 8.35. The van der Waals surface area contributed by atoms with Gasteiger partial charge in [0.05, 0.1) is 25.3 Å². The highest BCUT2D eigenvalue weighted by Gasteiger charge is 2.26. The van der Waals surface area contributed by atoms with Gasteiger partial charge in [0.15, 0.2) is 0 Å². The summed E-state index contributed by atoms with van der Waals surface area (Å²) < 4.78 is 5.30. The molecule has 0 aromatic carbocycles. The van der Waals surface area contributed by atoms with Crippen molar-refractivity contribution in [3.8, 4) is 6.07 Å². The summed E-state index contributed by atoms with van der Waals surface area (Å²) in [5.74, 6) is 0.679. The third kappa shape index (κ3) is 3.74. The number of ether oxygens (including phenoxy) is 1. The molecule has 1 aliphatic heterocycles. The van der Waals surface area contributed by atoms with Crippen LogP contribution in [0.5, 0.6) is 0 Å². The molecule has 0 unspecified atom stereocenters. The topological polar surface area (TPSA) is 65.4 Å². The van der Waals surface area contributed by atoms with Crippen molar-refractivity contribution in [1.82, 2.24) is 4.90 Å². The van der Waals surface area contributed by atoms with Crippen LogP contribution in [0.25, 0.3) is 0 Å². The van der Waals surface area contributed by atoms with Crippen LogP contribution in [0.1, 0.15) is 35.8 Å². The lowest BCUT2D eigenvalue weighted by Gasteiger charge is -2.25. The minimum absolute atomic E-state index is 0.0333. The van der Waals surface area contributed by atoms with Gasteiger partial charge in [-0.2, -0.15) is 5.26 Å². The zero-order valence-electron chi connectivity index (χ0n) is 13.6. The van der Waals surface area contributed by atoms with Crippen molar-refractivity contribution in [2.24, 2.45) is 5.92 Å². The standard InChI is InChI=1S/C17H23N3O2S/c1-2-12-3-4-13-14(10-18)17(23-15(13)9-12)19-16(21)11-20-5-7-22-8-6-20/h12H,2-9,11H2,1H3,(H,19,21)/t12-/m0/s1. The summed E-state index contributed by atoms with van der Waals surface area (Å²) in [5, 5.41) is 13.2. The van der Waals surface area contributed by atoms with Gasteiger partial charge in [-0.3, -0.25) is 9.69 Å². The molecule has 1 aliphatic carbocycles. The van der Waals surface area contributed by atoms with E-state index < -0.39 is 0 Å². The molecule has 1 saturated heterocycles. The lowest BCUT2D eigenvalue weighted by molar-refractivity contribution is -0.118. The van der Waals surface area contributed by atoms with Crippen LogP contribution in [-0.2, 0) is 22.4 Å². The van der Waals surface area contributed by atoms with Gasteiger partial charge >= 0.3 is 0 Å². The maximum absolute atomic E-state index is 12.3. The second-order valence-electron chi connectivity index (χ2n) is 6.27. The first-order valence-corrected chi connectivity index (χ1v) is 9.17. The van der Waals surface area contributed by atoms with Gasteiger partial charge in [0.1, 0.15) is 11.1 Å². The monoisotopic (exact) mass is 333 g/mol. The summed E-state index contributed by atoms with van der Waals surface area (Å²) in [6, 6.07) is 2.31. The van der Waals surface area contributed by atoms with Gasteiger partial charge in [0.2, 0.25) is 5.91 Å². The SMILES string of the molecule is CC[C@H]1CCc2c(sc(NC(=O)CN3CCOCC3)c2C#N)C1. The third-order valence-electron chi connectivity index (χ3n) is 4.78. The lowest BCUT2D eigenvalue weighted by Crippen LogP contribution is -2.41. The summed E-state index contributed by atoms with van der Waals surface area (Å²) in [4.78, 5) is 15.7. The van der Waals surface area contributed by atoms with E-state index in [4.69, 9.17) is 4.74 Å². The van der Waals surface area contributed by atoms with E-state index in [1.54, 1.807) is 11.3 Å². The number of hydrogen-bond donors (Lipinski definition) is 1. The van der Waals surface area contributed by atoms with Gasteiger partial charge in [-0.1, -0.05) is 13.3 Å². The number of amides is 1. The molecule has 1 atom stereocenters. The van der Waals surface area contributed by atoms with Crippen molar-refractivity contribution in [1.29, 1.82) is 5.26 Å². The summed E-state index contributed by atoms with van der Waals surface area (Å²) >= 11 is 1.60. The van der Waals surface area contributed by atoms with Crippen molar-refractivity contribution in [2.75, 3.05) is 38.2 Å². The van der Waals surface area contributed by atoms with E-state index in [0.29, 0.717) is 31.2 Å². The average Bonchev–Trinajstić information content (AvgIpc) is 2.91. The maximum Gasteiger partial charge on any atom is 0.239 e. The summed E-state index contributed by atoms with van der Waals surface area (Å²) in [6.07, 6.45) is 4.34. The highest BCUT2D eigenvalue weighted by Crippen LogP contribution is 2.39. The van der Waals surface area contributed by atoms with E-state index in [-0.39, 0.29) is 5.91 Å². The van der Waals surface area contributed by atoms with Crippen LogP contribution in [0.2, 0.25) is 0 Å². The molecule has 1 amide bonds. The minimum atomic E-state index is -0.0333. The predicted molar refractivity (Wildman–Crippen MR) is 90.7 cm³/mol. The molecular formula is C17H23N3O2S. The highest BCUT2D eigenvalue weighted by atomic mass is 32.1. The van der Waals surface area contributed by atoms with Crippen LogP contribution in [0, 0.1) is 17.2 Å². The van der Waals surface area contributed by atoms with Crippen molar-refractivity contribution in [3.05, 3.63) is 16.0 Å². The summed E-state index contributed by atoms with van der Waals surface area (Å²) in [5.41, 5.74) is 1.86. The molecule has 6 heteroatoms. The van der Waals surface area contributed by atoms with E-state index in [0.717, 1.165) is 37.4 Å². The number of hydrogen-bond acceptors (Lipinski definition) is 5. The number of fused-ring (bicyclic) bond motifs is 1. The molecule has 5 nitrogen and oxygen atoms in total. The van der Waals surface area contributed by atoms with Crippen LogP contribution in [0.3, 0.4) is 0 Å². The molecule has 1 aromatic heterocycles. The van der Waals surface area contributed by atoms with Crippen molar-refractivity contribution in [2.45, 2.75) is 32.6 Å². The van der Waals surface area contributed by atoms with Crippen molar-refractivity contribution < 1.29 is 9.53 Å². The molecule has 3 rings (SSSR count). The molecular weight excluding hydrogens is 310 g/mol. The molecule has 0 saturated carbocycles. The molecule has 0 radical (unpaired) electrons. The fourth-order valence-electron chi connectivity index (χ4n) is 3.34. The molecule has 2 heterocycles. The quantitative estimate of drug-likeness (QED) is 0.919. The van der Waals surface area contributed by atoms with Crippen LogP contribution >= 0.6 is 11.3 Å². The molecule has 23 heavy (non-hydrogen) atoms. The number of carbonyl (C=O) groups is 1. The molecule has 2 aliphatic rings. The smallest absolute Gasteiger partial charge is 0.239 e. The molecule has 124 valence electrons. The Hall–Kier alpha value is -1.42. The lowest BCUT2D eigenvalue weighted by atomic mass is 9.86. The van der Waals surface area contributed by atoms with Gasteiger partial charge in [0.25, 0.3) is 0 Å². The van der Waals surface area contributed by atoms with Gasteiger partial charge < -0.3 is 10.1 Å². The maximum atomic E-state index is 12.3. The Kier molecular flexibility index (Phi) is 5.31. The number of morpholine rings is 1. The number of rotatable bonds is 4. The second kappa shape index (κ2) is 7.43. The minimum Gasteiger partial charge on any atom is -0.379 e. The molecule has 0 spiro atoms. The summed E-state index contributed by atoms with van der Waals surface area (Å²) in [7, 11) is 0. The molecule has 1 fully saturated rings. The van der Waals surface area contributed by atoms with Crippen LogP contribution in [-0.4, -0.2) is 43.7 Å². The normalized spacial score (nSPS) is 21.5. The Morgan fingerprint density at radius 1 is 1.48 bits per heavy atom. The zero-order chi connectivity index (χ0) is 16.2. The van der Waals surface area contributed by atoms with Crippen LogP contribution < -0.4 is 5.32 Å². The highest BCUT2D eigenvalue weighted by molar-refractivity contribution is 7.16. The molecule has 1 N–H and O–H groups in total. The first-order chi connectivity index (χ1) is 11.2. The van der Waals surface area contributed by atoms with Crippen LogP contribution in [0.15, 0.2) is 0 Å². The Morgan fingerprint density at radius 2 is 2.26 bits per heavy atom. The number of nitrogens with zero attached hydrogens (tertiary/aromatic N) is 2. The first kappa shape index (κ1) is 16.4. The molecule has 1 aromatic rings. The zero-order valence-corrected chi connectivity index (χ0v) is 14.4. The van der Waals surface area contributed by atoms with Gasteiger partial charge in [-0.05, 0) is 30.7 Å². The fraction of sp³-hybridized carbons (Fsp3) is 0.647. The number of nitriles is 1. The van der Waals surface area contributed by atoms with Gasteiger partial charge in [0, 0.05) is 18.0 Å². The fourth-order valence-corrected chi connectivity index (χ4v) is 4.67. The Morgan fingerprint density at radius 3 is 2.96 bits per heavy atom. The van der Waals surface area contributed by atoms with E-state index in [2.05, 4.69) is 23.2 Å². The Labute approximate surface area is 141 Å². The Balaban J connectivity index is 1.69. The number of anilines is 1. The predicted octanol–water partition coefficient (Wildman–Crippen LogP) is 2.41. The number of nitrogens with one attached hydrogen (secondary N) is 1. The second-order valence-corrected chi connectivity index (χ2v) is 7.38. The van der Waals surface area contributed by atoms with Crippen LogP contribution in [0.4, 0.5) is 5.00 Å². The van der Waals surface area contributed by atoms with E-state index >= 15 is 0 Å². The van der Waals surface area contributed by atoms with E-state index in [1.807, 2.05) is 0 Å². The van der Waals surface area contributed by atoms with Gasteiger partial charge in [-0.15, -0.1) is 11.3 Å². The van der Waals surface area contributed by atoms with E-state index in [1.165, 1.54) is 16.9 Å². The third-order valence-corrected chi connectivity index (χ3v) is 5.95. The Bertz CT molecular complexity index is 614. The number of thiophene rings is 1. The number of carbonyl (C=O) groups excluding carboxylic acids is 1. The molecule has 0 bridgehead atoms. The van der Waals surface area contributed by atoms with Crippen molar-refractivity contribution >= 4 is 22.2 Å². The average molecular weight is 333 g/mol. The largest absolute Gasteiger partial charge is 0.379 e.